The second-order valence-electron chi connectivity index (χ2n) is 7.12. The van der Waals surface area contributed by atoms with E-state index in [4.69, 9.17) is 0 Å². The lowest BCUT2D eigenvalue weighted by Crippen LogP contribution is -2.43. The molecule has 0 saturated carbocycles. The van der Waals surface area contributed by atoms with Crippen LogP contribution >= 0.6 is 0 Å². The fourth-order valence-corrected chi connectivity index (χ4v) is 4.12. The molecule has 0 spiro atoms. The SMILES string of the molecule is C=CCN1CC(C(=O)N2CCCC(c3[nH]nc4ncccc34)C2)CC1=O. The number of aromatic amines is 1. The Hall–Kier alpha value is -2.70. The first kappa shape index (κ1) is 16.8. The maximum Gasteiger partial charge on any atom is 0.228 e. The Kier molecular flexibility index (Phi) is 4.44. The Labute approximate surface area is 152 Å². The van der Waals surface area contributed by atoms with Crippen LogP contribution in [0, 0.1) is 5.92 Å². The van der Waals surface area contributed by atoms with Crippen molar-refractivity contribution in [3.63, 3.8) is 0 Å². The van der Waals surface area contributed by atoms with Gasteiger partial charge in [0.1, 0.15) is 0 Å². The van der Waals surface area contributed by atoms with E-state index in [1.807, 2.05) is 17.0 Å². The van der Waals surface area contributed by atoms with Gasteiger partial charge < -0.3 is 9.80 Å². The molecule has 4 heterocycles. The number of rotatable bonds is 4. The van der Waals surface area contributed by atoms with Crippen molar-refractivity contribution < 1.29 is 9.59 Å². The fourth-order valence-electron chi connectivity index (χ4n) is 4.12. The molecular weight excluding hydrogens is 330 g/mol. The number of H-pyrrole nitrogens is 1. The number of likely N-dealkylation sites (tertiary alicyclic amines) is 2. The molecule has 2 aromatic rings. The first-order valence-corrected chi connectivity index (χ1v) is 9.14. The third-order valence-corrected chi connectivity index (χ3v) is 5.41. The summed E-state index contributed by atoms with van der Waals surface area (Å²) in [6.07, 6.45) is 5.72. The number of fused-ring (bicyclic) bond motifs is 1. The zero-order chi connectivity index (χ0) is 18.1. The van der Waals surface area contributed by atoms with Crippen molar-refractivity contribution in [2.45, 2.75) is 25.2 Å². The van der Waals surface area contributed by atoms with E-state index in [1.165, 1.54) is 0 Å². The van der Waals surface area contributed by atoms with E-state index in [1.54, 1.807) is 17.2 Å². The summed E-state index contributed by atoms with van der Waals surface area (Å²) in [4.78, 5) is 32.9. The van der Waals surface area contributed by atoms with Gasteiger partial charge in [0.2, 0.25) is 11.8 Å². The Balaban J connectivity index is 1.48. The molecule has 2 aliphatic rings. The molecule has 4 rings (SSSR count). The van der Waals surface area contributed by atoms with Gasteiger partial charge in [-0.15, -0.1) is 6.58 Å². The van der Waals surface area contributed by atoms with Crippen LogP contribution in [0.15, 0.2) is 31.0 Å². The maximum absolute atomic E-state index is 13.0. The fraction of sp³-hybridized carbons (Fsp3) is 0.474. The van der Waals surface area contributed by atoms with Gasteiger partial charge in [0.15, 0.2) is 5.65 Å². The number of carbonyl (C=O) groups excluding carboxylic acids is 2. The first-order valence-electron chi connectivity index (χ1n) is 9.14. The molecule has 2 aromatic heterocycles. The third kappa shape index (κ3) is 2.98. The van der Waals surface area contributed by atoms with Gasteiger partial charge >= 0.3 is 0 Å². The van der Waals surface area contributed by atoms with Crippen molar-refractivity contribution in [1.82, 2.24) is 25.0 Å². The van der Waals surface area contributed by atoms with Crippen LogP contribution < -0.4 is 0 Å². The quantitative estimate of drug-likeness (QED) is 0.848. The summed E-state index contributed by atoms with van der Waals surface area (Å²) in [5.74, 6) is 0.128. The predicted octanol–water partition coefficient (Wildman–Crippen LogP) is 1.70. The normalized spacial score (nSPS) is 23.6. The minimum atomic E-state index is -0.235. The van der Waals surface area contributed by atoms with Gasteiger partial charge in [-0.1, -0.05) is 6.08 Å². The van der Waals surface area contributed by atoms with E-state index in [0.717, 1.165) is 30.5 Å². The van der Waals surface area contributed by atoms with E-state index >= 15 is 0 Å². The minimum Gasteiger partial charge on any atom is -0.342 e. The van der Waals surface area contributed by atoms with Gasteiger partial charge in [-0.3, -0.25) is 14.7 Å². The minimum absolute atomic E-state index is 0.0439. The first-order chi connectivity index (χ1) is 12.7. The van der Waals surface area contributed by atoms with Crippen molar-refractivity contribution in [3.05, 3.63) is 36.7 Å². The van der Waals surface area contributed by atoms with Crippen LogP contribution in [0.4, 0.5) is 0 Å². The molecule has 136 valence electrons. The van der Waals surface area contributed by atoms with E-state index < -0.39 is 0 Å². The standard InChI is InChI=1S/C19H23N5O2/c1-2-8-23-12-14(10-16(23)25)19(26)24-9-4-5-13(11-24)17-15-6-3-7-20-18(15)22-21-17/h2-3,6-7,13-14H,1,4-5,8-12H2,(H,20,21,22). The molecular formula is C19H23N5O2. The van der Waals surface area contributed by atoms with E-state index in [0.29, 0.717) is 31.7 Å². The van der Waals surface area contributed by atoms with Gasteiger partial charge in [0.25, 0.3) is 0 Å². The Morgan fingerprint density at radius 1 is 1.42 bits per heavy atom. The van der Waals surface area contributed by atoms with Crippen molar-refractivity contribution in [3.8, 4) is 0 Å². The van der Waals surface area contributed by atoms with Crippen LogP contribution in [0.5, 0.6) is 0 Å². The molecule has 2 atom stereocenters. The molecule has 2 amide bonds. The highest BCUT2D eigenvalue weighted by molar-refractivity contribution is 5.89. The molecule has 2 saturated heterocycles. The second-order valence-corrected chi connectivity index (χ2v) is 7.12. The van der Waals surface area contributed by atoms with Gasteiger partial charge in [0.05, 0.1) is 5.92 Å². The molecule has 0 bridgehead atoms. The molecule has 7 heteroatoms. The van der Waals surface area contributed by atoms with E-state index in [9.17, 15) is 9.59 Å². The van der Waals surface area contributed by atoms with Crippen LogP contribution in [0.25, 0.3) is 11.0 Å². The monoisotopic (exact) mass is 353 g/mol. The Bertz CT molecular complexity index is 845. The second kappa shape index (κ2) is 6.90. The number of amides is 2. The smallest absolute Gasteiger partial charge is 0.228 e. The summed E-state index contributed by atoms with van der Waals surface area (Å²) < 4.78 is 0. The summed E-state index contributed by atoms with van der Waals surface area (Å²) in [5.41, 5.74) is 1.77. The number of aromatic nitrogens is 3. The molecule has 2 unspecified atom stereocenters. The van der Waals surface area contributed by atoms with E-state index in [-0.39, 0.29) is 23.7 Å². The molecule has 0 aromatic carbocycles. The summed E-state index contributed by atoms with van der Waals surface area (Å²) in [5, 5.41) is 8.43. The van der Waals surface area contributed by atoms with Crippen LogP contribution in [-0.4, -0.2) is 63.0 Å². The highest BCUT2D eigenvalue weighted by Crippen LogP contribution is 2.31. The van der Waals surface area contributed by atoms with Crippen LogP contribution in [0.1, 0.15) is 30.9 Å². The largest absolute Gasteiger partial charge is 0.342 e. The molecule has 26 heavy (non-hydrogen) atoms. The van der Waals surface area contributed by atoms with Crippen molar-refractivity contribution in [2.24, 2.45) is 5.92 Å². The van der Waals surface area contributed by atoms with Crippen LogP contribution in [0.2, 0.25) is 0 Å². The summed E-state index contributed by atoms with van der Waals surface area (Å²) in [6, 6.07) is 3.93. The number of hydrogen-bond donors (Lipinski definition) is 1. The number of piperidine rings is 1. The van der Waals surface area contributed by atoms with Gasteiger partial charge in [-0.2, -0.15) is 5.10 Å². The topological polar surface area (TPSA) is 82.2 Å². The highest BCUT2D eigenvalue weighted by Gasteiger charge is 2.37. The van der Waals surface area contributed by atoms with E-state index in [2.05, 4.69) is 21.8 Å². The number of hydrogen-bond acceptors (Lipinski definition) is 4. The third-order valence-electron chi connectivity index (χ3n) is 5.41. The molecule has 2 aliphatic heterocycles. The molecule has 2 fully saturated rings. The maximum atomic E-state index is 13.0. The lowest BCUT2D eigenvalue weighted by atomic mass is 9.92. The predicted molar refractivity (Wildman–Crippen MR) is 97.3 cm³/mol. The van der Waals surface area contributed by atoms with Gasteiger partial charge in [-0.05, 0) is 25.0 Å². The van der Waals surface area contributed by atoms with Gasteiger partial charge in [-0.25, -0.2) is 4.98 Å². The molecule has 0 radical (unpaired) electrons. The molecule has 0 aliphatic carbocycles. The molecule has 7 nitrogen and oxygen atoms in total. The van der Waals surface area contributed by atoms with Crippen LogP contribution in [0.3, 0.4) is 0 Å². The van der Waals surface area contributed by atoms with Crippen molar-refractivity contribution in [2.75, 3.05) is 26.2 Å². The van der Waals surface area contributed by atoms with Crippen LogP contribution in [-0.2, 0) is 9.59 Å². The van der Waals surface area contributed by atoms with Gasteiger partial charge in [0, 0.05) is 55.8 Å². The zero-order valence-corrected chi connectivity index (χ0v) is 14.7. The highest BCUT2D eigenvalue weighted by atomic mass is 16.2. The zero-order valence-electron chi connectivity index (χ0n) is 14.7. The number of pyridine rings is 1. The lowest BCUT2D eigenvalue weighted by Gasteiger charge is -2.34. The number of nitrogens with zero attached hydrogens (tertiary/aromatic N) is 4. The Morgan fingerprint density at radius 3 is 3.15 bits per heavy atom. The average Bonchev–Trinajstić information content (AvgIpc) is 3.26. The summed E-state index contributed by atoms with van der Waals surface area (Å²) >= 11 is 0. The summed E-state index contributed by atoms with van der Waals surface area (Å²) in [7, 11) is 0. The lowest BCUT2D eigenvalue weighted by molar-refractivity contribution is -0.137. The average molecular weight is 353 g/mol. The number of carbonyl (C=O) groups is 2. The Morgan fingerprint density at radius 2 is 2.31 bits per heavy atom. The number of nitrogens with one attached hydrogen (secondary N) is 1. The van der Waals surface area contributed by atoms with Crippen molar-refractivity contribution in [1.29, 1.82) is 0 Å². The molecule has 1 N–H and O–H groups in total. The summed E-state index contributed by atoms with van der Waals surface area (Å²) in [6.45, 7) is 6.11. The van der Waals surface area contributed by atoms with Crippen molar-refractivity contribution >= 4 is 22.8 Å².